The Morgan fingerprint density at radius 3 is 2.18 bits per heavy atom. The van der Waals surface area contributed by atoms with Crippen molar-refractivity contribution in [3.63, 3.8) is 0 Å². The molecule has 0 radical (unpaired) electrons. The Labute approximate surface area is 166 Å². The van der Waals surface area contributed by atoms with E-state index in [1.807, 2.05) is 6.07 Å². The topological polar surface area (TPSA) is 60.9 Å². The van der Waals surface area contributed by atoms with E-state index in [1.165, 1.54) is 25.3 Å². The lowest BCUT2D eigenvalue weighted by Gasteiger charge is -2.50. The maximum Gasteiger partial charge on any atom is 0.333 e. The third-order valence-electron chi connectivity index (χ3n) is 5.77. The first-order valence-electron chi connectivity index (χ1n) is 9.70. The smallest absolute Gasteiger partial charge is 0.333 e. The Morgan fingerprint density at radius 1 is 1.07 bits per heavy atom. The second-order valence-electron chi connectivity index (χ2n) is 8.77. The van der Waals surface area contributed by atoms with Gasteiger partial charge in [0.05, 0.1) is 0 Å². The summed E-state index contributed by atoms with van der Waals surface area (Å²) in [6, 6.07) is 5.83. The number of likely N-dealkylation sites (N-methyl/N-ethyl adjacent to an activating group) is 2. The molecule has 0 N–H and O–H groups in total. The second kappa shape index (κ2) is 6.76. The van der Waals surface area contributed by atoms with Crippen LogP contribution in [0.3, 0.4) is 0 Å². The third kappa shape index (κ3) is 3.11. The van der Waals surface area contributed by atoms with E-state index in [0.29, 0.717) is 12.0 Å². The quantitative estimate of drug-likeness (QED) is 0.578. The summed E-state index contributed by atoms with van der Waals surface area (Å²) >= 11 is 0. The van der Waals surface area contributed by atoms with Gasteiger partial charge in [0.15, 0.2) is 0 Å². The van der Waals surface area contributed by atoms with E-state index < -0.39 is 17.8 Å². The van der Waals surface area contributed by atoms with Gasteiger partial charge in [0.1, 0.15) is 5.57 Å². The Balaban J connectivity index is 2.06. The van der Waals surface area contributed by atoms with Crippen molar-refractivity contribution < 1.29 is 14.4 Å². The fraction of sp³-hybridized carbons (Fsp3) is 0.500. The molecule has 1 saturated heterocycles. The monoisotopic (exact) mass is 383 g/mol. The maximum absolute atomic E-state index is 12.5. The van der Waals surface area contributed by atoms with Gasteiger partial charge in [-0.3, -0.25) is 19.4 Å². The molecule has 3 rings (SSSR count). The van der Waals surface area contributed by atoms with Crippen LogP contribution in [-0.4, -0.2) is 53.3 Å². The molecule has 1 atom stereocenters. The standard InChI is InChI=1S/C22H29N3O3/c1-13(2)25-18-9-8-15(10-16(18)14(3)12-22(25,4)5)11-17-19(26)23(6)21(28)24(7)20(17)27/h8-11,13-14H,12H2,1-7H3/t14-/m0/s1. The number of carbonyl (C=O) groups excluding carboxylic acids is 3. The van der Waals surface area contributed by atoms with Crippen molar-refractivity contribution in [2.75, 3.05) is 19.0 Å². The highest BCUT2D eigenvalue weighted by Crippen LogP contribution is 2.44. The minimum Gasteiger partial charge on any atom is -0.364 e. The van der Waals surface area contributed by atoms with E-state index in [2.05, 4.69) is 51.7 Å². The number of anilines is 1. The predicted octanol–water partition coefficient (Wildman–Crippen LogP) is 3.62. The molecule has 0 saturated carbocycles. The van der Waals surface area contributed by atoms with Gasteiger partial charge in [0.2, 0.25) is 0 Å². The molecule has 2 heterocycles. The van der Waals surface area contributed by atoms with Crippen molar-refractivity contribution in [2.45, 2.75) is 58.5 Å². The molecule has 4 amide bonds. The van der Waals surface area contributed by atoms with Crippen LogP contribution in [0.5, 0.6) is 0 Å². The van der Waals surface area contributed by atoms with Crippen LogP contribution in [0.15, 0.2) is 23.8 Å². The summed E-state index contributed by atoms with van der Waals surface area (Å²) in [5.41, 5.74) is 3.28. The normalized spacial score (nSPS) is 22.1. The zero-order valence-corrected chi connectivity index (χ0v) is 17.7. The molecule has 0 bridgehead atoms. The van der Waals surface area contributed by atoms with Gasteiger partial charge >= 0.3 is 6.03 Å². The number of rotatable bonds is 2. The Hall–Kier alpha value is -2.63. The molecule has 150 valence electrons. The fourth-order valence-electron chi connectivity index (χ4n) is 4.68. The van der Waals surface area contributed by atoms with E-state index in [0.717, 1.165) is 21.8 Å². The van der Waals surface area contributed by atoms with E-state index in [4.69, 9.17) is 0 Å². The molecule has 1 aromatic carbocycles. The number of benzene rings is 1. The molecular weight excluding hydrogens is 354 g/mol. The highest BCUT2D eigenvalue weighted by Gasteiger charge is 2.39. The van der Waals surface area contributed by atoms with Crippen molar-refractivity contribution in [3.8, 4) is 0 Å². The van der Waals surface area contributed by atoms with Crippen LogP contribution in [0.1, 0.15) is 58.1 Å². The van der Waals surface area contributed by atoms with Crippen molar-refractivity contribution in [1.29, 1.82) is 0 Å². The molecule has 1 aromatic rings. The van der Waals surface area contributed by atoms with Crippen molar-refractivity contribution in [2.24, 2.45) is 0 Å². The summed E-state index contributed by atoms with van der Waals surface area (Å²) in [5.74, 6) is -0.768. The molecule has 2 aliphatic rings. The van der Waals surface area contributed by atoms with Crippen LogP contribution in [0, 0.1) is 0 Å². The van der Waals surface area contributed by atoms with E-state index in [1.54, 1.807) is 6.08 Å². The summed E-state index contributed by atoms with van der Waals surface area (Å²) in [4.78, 5) is 41.2. The molecule has 0 aliphatic carbocycles. The molecule has 1 fully saturated rings. The van der Waals surface area contributed by atoms with Crippen LogP contribution in [0.4, 0.5) is 10.5 Å². The summed E-state index contributed by atoms with van der Waals surface area (Å²) in [6.45, 7) is 11.1. The number of urea groups is 1. The Bertz CT molecular complexity index is 859. The SMILES string of the molecule is CC(C)N1c2ccc(C=C3C(=O)N(C)C(=O)N(C)C3=O)cc2[C@@H](C)CC1(C)C. The van der Waals surface area contributed by atoms with Gasteiger partial charge < -0.3 is 4.90 Å². The van der Waals surface area contributed by atoms with Gasteiger partial charge in [-0.25, -0.2) is 4.79 Å². The lowest BCUT2D eigenvalue weighted by atomic mass is 9.78. The van der Waals surface area contributed by atoms with Crippen LogP contribution < -0.4 is 4.90 Å². The van der Waals surface area contributed by atoms with Crippen LogP contribution in [0.25, 0.3) is 6.08 Å². The highest BCUT2D eigenvalue weighted by molar-refractivity contribution is 6.30. The number of hydrogen-bond donors (Lipinski definition) is 0. The van der Waals surface area contributed by atoms with Gasteiger partial charge in [0, 0.05) is 31.4 Å². The maximum atomic E-state index is 12.5. The van der Waals surface area contributed by atoms with Crippen LogP contribution >= 0.6 is 0 Å². The molecule has 6 heteroatoms. The average Bonchev–Trinajstić information content (AvgIpc) is 2.61. The molecule has 0 unspecified atom stereocenters. The van der Waals surface area contributed by atoms with Crippen molar-refractivity contribution in [3.05, 3.63) is 34.9 Å². The number of fused-ring (bicyclic) bond motifs is 1. The first-order valence-corrected chi connectivity index (χ1v) is 9.70. The molecule has 28 heavy (non-hydrogen) atoms. The number of barbiturate groups is 1. The number of carbonyl (C=O) groups is 3. The fourth-order valence-corrected chi connectivity index (χ4v) is 4.68. The zero-order valence-electron chi connectivity index (χ0n) is 17.7. The average molecular weight is 383 g/mol. The van der Waals surface area contributed by atoms with Gasteiger partial charge in [-0.15, -0.1) is 0 Å². The van der Waals surface area contributed by atoms with Gasteiger partial charge in [-0.2, -0.15) is 0 Å². The van der Waals surface area contributed by atoms with Crippen LogP contribution in [-0.2, 0) is 9.59 Å². The number of imide groups is 2. The minimum absolute atomic E-state index is 0.00839. The number of hydrogen-bond acceptors (Lipinski definition) is 4. The molecular formula is C22H29N3O3. The lowest BCUT2D eigenvalue weighted by molar-refractivity contribution is -0.134. The lowest BCUT2D eigenvalue weighted by Crippen LogP contribution is -2.53. The Kier molecular flexibility index (Phi) is 4.86. The minimum atomic E-state index is -0.610. The largest absolute Gasteiger partial charge is 0.364 e. The Morgan fingerprint density at radius 2 is 1.64 bits per heavy atom. The summed E-state index contributed by atoms with van der Waals surface area (Å²) in [5, 5.41) is 0. The summed E-state index contributed by atoms with van der Waals surface area (Å²) in [7, 11) is 2.78. The van der Waals surface area contributed by atoms with E-state index >= 15 is 0 Å². The zero-order chi connectivity index (χ0) is 21.0. The first kappa shape index (κ1) is 20.1. The molecule has 0 aromatic heterocycles. The molecule has 2 aliphatic heterocycles. The van der Waals surface area contributed by atoms with Crippen LogP contribution in [0.2, 0.25) is 0 Å². The van der Waals surface area contributed by atoms with E-state index in [-0.39, 0.29) is 11.1 Å². The van der Waals surface area contributed by atoms with Gasteiger partial charge in [-0.05, 0) is 69.4 Å². The first-order chi connectivity index (χ1) is 13.0. The predicted molar refractivity (Wildman–Crippen MR) is 110 cm³/mol. The second-order valence-corrected chi connectivity index (χ2v) is 8.77. The molecule has 0 spiro atoms. The third-order valence-corrected chi connectivity index (χ3v) is 5.77. The van der Waals surface area contributed by atoms with Gasteiger partial charge in [-0.1, -0.05) is 13.0 Å². The number of nitrogens with zero attached hydrogens (tertiary/aromatic N) is 3. The van der Waals surface area contributed by atoms with Crippen molar-refractivity contribution in [1.82, 2.24) is 9.80 Å². The number of amides is 4. The summed E-state index contributed by atoms with van der Waals surface area (Å²) < 4.78 is 0. The van der Waals surface area contributed by atoms with E-state index in [9.17, 15) is 14.4 Å². The summed E-state index contributed by atoms with van der Waals surface area (Å²) in [6.07, 6.45) is 2.62. The molecule has 6 nitrogen and oxygen atoms in total. The van der Waals surface area contributed by atoms with Gasteiger partial charge in [0.25, 0.3) is 11.8 Å². The van der Waals surface area contributed by atoms with Crippen molar-refractivity contribution >= 4 is 29.6 Å². The highest BCUT2D eigenvalue weighted by atomic mass is 16.2.